The Balaban J connectivity index is 2.26. The third-order valence-electron chi connectivity index (χ3n) is 2.42. The zero-order valence-corrected chi connectivity index (χ0v) is 12.5. The molecule has 112 valence electrons. The molecule has 4 N–H and O–H groups in total. The van der Waals surface area contributed by atoms with E-state index >= 15 is 0 Å². The quantitative estimate of drug-likeness (QED) is 0.603. The van der Waals surface area contributed by atoms with Crippen molar-refractivity contribution in [3.8, 4) is 0 Å². The van der Waals surface area contributed by atoms with E-state index in [0.717, 1.165) is 6.42 Å². The Bertz CT molecular complexity index is 450. The fourth-order valence-electron chi connectivity index (χ4n) is 1.31. The molecule has 0 fully saturated rings. The highest BCUT2D eigenvalue weighted by Gasteiger charge is 2.16. The number of rotatable bonds is 8. The molecule has 1 heterocycles. The molecule has 0 aliphatic heterocycles. The van der Waals surface area contributed by atoms with Gasteiger partial charge in [-0.2, -0.15) is 0 Å². The van der Waals surface area contributed by atoms with Gasteiger partial charge in [-0.05, 0) is 26.8 Å². The van der Waals surface area contributed by atoms with Gasteiger partial charge in [0.25, 0.3) is 0 Å². The highest BCUT2D eigenvalue weighted by atomic mass is 32.2. The summed E-state index contributed by atoms with van der Waals surface area (Å²) in [6.45, 7) is 4.59. The fraction of sp³-hybridized carbons (Fsp3) is 0.583. The van der Waals surface area contributed by atoms with Crippen LogP contribution in [0.4, 0.5) is 5.82 Å². The Hall–Kier alpha value is -1.54. The van der Waals surface area contributed by atoms with Crippen molar-refractivity contribution in [2.45, 2.75) is 25.5 Å². The lowest BCUT2D eigenvalue weighted by Gasteiger charge is -2.10. The molecular formula is C12H20N4O3S. The van der Waals surface area contributed by atoms with E-state index in [2.05, 4.69) is 15.8 Å². The van der Waals surface area contributed by atoms with Crippen LogP contribution in [-0.2, 0) is 9.59 Å². The predicted octanol–water partition coefficient (Wildman–Crippen LogP) is 0.508. The molecule has 0 aromatic carbocycles. The van der Waals surface area contributed by atoms with Crippen LogP contribution >= 0.6 is 11.8 Å². The molecule has 20 heavy (non-hydrogen) atoms. The first kappa shape index (κ1) is 16.5. The maximum absolute atomic E-state index is 11.8. The van der Waals surface area contributed by atoms with Crippen molar-refractivity contribution in [1.82, 2.24) is 10.5 Å². The van der Waals surface area contributed by atoms with Crippen molar-refractivity contribution in [2.75, 3.05) is 24.2 Å². The highest BCUT2D eigenvalue weighted by Crippen LogP contribution is 2.13. The standard InChI is InChI=1S/C12H20N4O3S/c1-8-6-10(16-19-8)15-12(18)9(2)20-7-11(17)14-5-3-4-13/h6,9H,3-5,7,13H2,1-2H3,(H,14,17)(H,15,16,18). The van der Waals surface area contributed by atoms with Gasteiger partial charge >= 0.3 is 0 Å². The van der Waals surface area contributed by atoms with Gasteiger partial charge in [-0.1, -0.05) is 5.16 Å². The number of amides is 2. The van der Waals surface area contributed by atoms with Gasteiger partial charge in [-0.3, -0.25) is 9.59 Å². The molecule has 1 atom stereocenters. The van der Waals surface area contributed by atoms with E-state index in [0.29, 0.717) is 24.7 Å². The number of thioether (sulfide) groups is 1. The maximum Gasteiger partial charge on any atom is 0.238 e. The summed E-state index contributed by atoms with van der Waals surface area (Å²) in [5, 5.41) is 8.68. The molecule has 0 aliphatic rings. The summed E-state index contributed by atoms with van der Waals surface area (Å²) in [4.78, 5) is 23.3. The molecule has 1 aromatic rings. The second-order valence-corrected chi connectivity index (χ2v) is 5.59. The fourth-order valence-corrected chi connectivity index (χ4v) is 2.02. The van der Waals surface area contributed by atoms with E-state index in [1.165, 1.54) is 11.8 Å². The van der Waals surface area contributed by atoms with Crippen LogP contribution in [0.2, 0.25) is 0 Å². The van der Waals surface area contributed by atoms with Crippen LogP contribution in [0.15, 0.2) is 10.6 Å². The summed E-state index contributed by atoms with van der Waals surface area (Å²) in [5.74, 6) is 0.933. The second-order valence-electron chi connectivity index (χ2n) is 4.26. The normalized spacial score (nSPS) is 11.9. The van der Waals surface area contributed by atoms with Gasteiger partial charge in [0.05, 0.1) is 11.0 Å². The van der Waals surface area contributed by atoms with Crippen molar-refractivity contribution in [3.63, 3.8) is 0 Å². The molecule has 1 unspecified atom stereocenters. The maximum atomic E-state index is 11.8. The average Bonchev–Trinajstić information content (AvgIpc) is 2.81. The lowest BCUT2D eigenvalue weighted by molar-refractivity contribution is -0.118. The molecule has 0 spiro atoms. The Kier molecular flexibility index (Phi) is 7.10. The lowest BCUT2D eigenvalue weighted by Crippen LogP contribution is -2.30. The molecule has 0 saturated carbocycles. The smallest absolute Gasteiger partial charge is 0.238 e. The molecule has 0 bridgehead atoms. The summed E-state index contributed by atoms with van der Waals surface area (Å²) in [5.41, 5.74) is 5.33. The van der Waals surface area contributed by atoms with Gasteiger partial charge in [0, 0.05) is 12.6 Å². The van der Waals surface area contributed by atoms with Crippen molar-refractivity contribution in [2.24, 2.45) is 5.73 Å². The predicted molar refractivity (Wildman–Crippen MR) is 78.5 cm³/mol. The molecule has 2 amide bonds. The summed E-state index contributed by atoms with van der Waals surface area (Å²) < 4.78 is 4.85. The summed E-state index contributed by atoms with van der Waals surface area (Å²) in [7, 11) is 0. The van der Waals surface area contributed by atoms with E-state index in [9.17, 15) is 9.59 Å². The molecule has 0 radical (unpaired) electrons. The van der Waals surface area contributed by atoms with Crippen molar-refractivity contribution >= 4 is 29.4 Å². The van der Waals surface area contributed by atoms with Crippen LogP contribution in [0, 0.1) is 6.92 Å². The zero-order valence-electron chi connectivity index (χ0n) is 11.6. The Morgan fingerprint density at radius 3 is 2.90 bits per heavy atom. The molecule has 1 aromatic heterocycles. The van der Waals surface area contributed by atoms with E-state index < -0.39 is 0 Å². The van der Waals surface area contributed by atoms with Gasteiger partial charge in [0.2, 0.25) is 11.8 Å². The second kappa shape index (κ2) is 8.60. The number of carbonyl (C=O) groups is 2. The van der Waals surface area contributed by atoms with Gasteiger partial charge < -0.3 is 20.9 Å². The van der Waals surface area contributed by atoms with E-state index in [-0.39, 0.29) is 22.8 Å². The lowest BCUT2D eigenvalue weighted by atomic mass is 10.4. The number of nitrogens with zero attached hydrogens (tertiary/aromatic N) is 1. The third kappa shape index (κ3) is 6.07. The third-order valence-corrected chi connectivity index (χ3v) is 3.56. The minimum atomic E-state index is -0.354. The van der Waals surface area contributed by atoms with Crippen LogP contribution in [-0.4, -0.2) is 41.1 Å². The first-order valence-electron chi connectivity index (χ1n) is 6.35. The van der Waals surface area contributed by atoms with Crippen LogP contribution < -0.4 is 16.4 Å². The molecule has 0 saturated heterocycles. The van der Waals surface area contributed by atoms with Crippen molar-refractivity contribution < 1.29 is 14.1 Å². The number of hydrogen-bond acceptors (Lipinski definition) is 6. The molecular weight excluding hydrogens is 280 g/mol. The molecule has 8 heteroatoms. The topological polar surface area (TPSA) is 110 Å². The van der Waals surface area contributed by atoms with Gasteiger partial charge in [-0.15, -0.1) is 11.8 Å². The monoisotopic (exact) mass is 300 g/mol. The molecule has 1 rings (SSSR count). The van der Waals surface area contributed by atoms with Crippen LogP contribution in [0.1, 0.15) is 19.1 Å². The van der Waals surface area contributed by atoms with Crippen LogP contribution in [0.3, 0.4) is 0 Å². The zero-order chi connectivity index (χ0) is 15.0. The Morgan fingerprint density at radius 2 is 2.30 bits per heavy atom. The average molecular weight is 300 g/mol. The van der Waals surface area contributed by atoms with Gasteiger partial charge in [-0.25, -0.2) is 0 Å². The number of nitrogens with one attached hydrogen (secondary N) is 2. The Morgan fingerprint density at radius 1 is 1.55 bits per heavy atom. The first-order chi connectivity index (χ1) is 9.52. The largest absolute Gasteiger partial charge is 0.360 e. The van der Waals surface area contributed by atoms with Crippen molar-refractivity contribution in [1.29, 1.82) is 0 Å². The van der Waals surface area contributed by atoms with Gasteiger partial charge in [0.1, 0.15) is 5.76 Å². The summed E-state index contributed by atoms with van der Waals surface area (Å²) >= 11 is 1.26. The summed E-state index contributed by atoms with van der Waals surface area (Å²) in [6, 6.07) is 1.63. The van der Waals surface area contributed by atoms with E-state index in [1.54, 1.807) is 19.9 Å². The van der Waals surface area contributed by atoms with E-state index in [1.807, 2.05) is 0 Å². The number of hydrogen-bond donors (Lipinski definition) is 3. The SMILES string of the molecule is Cc1cc(NC(=O)C(C)SCC(=O)NCCCN)no1. The highest BCUT2D eigenvalue weighted by molar-refractivity contribution is 8.01. The number of nitrogens with two attached hydrogens (primary N) is 1. The minimum absolute atomic E-state index is 0.0969. The molecule has 0 aliphatic carbocycles. The van der Waals surface area contributed by atoms with Crippen molar-refractivity contribution in [3.05, 3.63) is 11.8 Å². The minimum Gasteiger partial charge on any atom is -0.360 e. The molecule has 7 nitrogen and oxygen atoms in total. The number of anilines is 1. The Labute approximate surface area is 122 Å². The van der Waals surface area contributed by atoms with Crippen LogP contribution in [0.5, 0.6) is 0 Å². The van der Waals surface area contributed by atoms with E-state index in [4.69, 9.17) is 10.3 Å². The van der Waals surface area contributed by atoms with Crippen LogP contribution in [0.25, 0.3) is 0 Å². The number of carbonyl (C=O) groups excluding carboxylic acids is 2. The first-order valence-corrected chi connectivity index (χ1v) is 7.40. The summed E-state index contributed by atoms with van der Waals surface area (Å²) in [6.07, 6.45) is 0.748. The van der Waals surface area contributed by atoms with Gasteiger partial charge in [0.15, 0.2) is 5.82 Å². The number of aryl methyl sites for hydroxylation is 1. The number of aromatic nitrogens is 1.